The number of anilines is 1. The maximum absolute atomic E-state index is 13.4. The molecule has 0 aliphatic carbocycles. The predicted molar refractivity (Wildman–Crippen MR) is 108 cm³/mol. The van der Waals surface area contributed by atoms with Gasteiger partial charge in [-0.3, -0.25) is 0 Å². The topological polar surface area (TPSA) is 29.9 Å². The summed E-state index contributed by atoms with van der Waals surface area (Å²) in [5, 5.41) is 8.46. The van der Waals surface area contributed by atoms with Crippen molar-refractivity contribution in [1.82, 2.24) is 9.78 Å². The molecule has 0 bridgehead atoms. The molecule has 1 aliphatic rings. The number of rotatable bonds is 3. The highest BCUT2D eigenvalue weighted by Gasteiger charge is 2.27. The third kappa shape index (κ3) is 3.00. The molecular weight excluding hydrogens is 357 g/mol. The Kier molecular flexibility index (Phi) is 3.94. The number of benzene rings is 3. The summed E-state index contributed by atoms with van der Waals surface area (Å²) in [5.74, 6) is -0.247. The minimum absolute atomic E-state index is 0.0555. The molecule has 0 saturated heterocycles. The fourth-order valence-electron chi connectivity index (χ4n) is 3.25. The van der Waals surface area contributed by atoms with Gasteiger partial charge in [-0.05, 0) is 48.5 Å². The molecule has 0 fully saturated rings. The molecule has 0 radical (unpaired) electrons. The van der Waals surface area contributed by atoms with Crippen LogP contribution in [0.25, 0.3) is 16.9 Å². The minimum Gasteiger partial charge on any atom is -0.368 e. The number of fused-ring (bicyclic) bond motifs is 1. The average Bonchev–Trinajstić information content (AvgIpc) is 3.33. The molecule has 1 aliphatic heterocycles. The summed E-state index contributed by atoms with van der Waals surface area (Å²) >= 11 is 1.77. The normalized spacial score (nSPS) is 15.4. The lowest BCUT2D eigenvalue weighted by molar-refractivity contribution is 0.628. The lowest BCUT2D eigenvalue weighted by atomic mass is 10.1. The van der Waals surface area contributed by atoms with E-state index in [1.807, 2.05) is 47.1 Å². The molecule has 0 saturated carbocycles. The van der Waals surface area contributed by atoms with Crippen LogP contribution in [0.15, 0.2) is 90.0 Å². The summed E-state index contributed by atoms with van der Waals surface area (Å²) in [6.45, 7) is 0. The van der Waals surface area contributed by atoms with E-state index in [0.29, 0.717) is 0 Å². The van der Waals surface area contributed by atoms with E-state index in [4.69, 9.17) is 5.10 Å². The molecule has 1 aromatic heterocycles. The number of hydrogen-bond donors (Lipinski definition) is 1. The van der Waals surface area contributed by atoms with E-state index in [1.54, 1.807) is 23.9 Å². The highest BCUT2D eigenvalue weighted by atomic mass is 32.2. The lowest BCUT2D eigenvalue weighted by Crippen LogP contribution is -2.01. The quantitative estimate of drug-likeness (QED) is 0.485. The SMILES string of the molecule is Fc1ccc(-c2nn(-c3ccccc3)cc2[C@H]2Nc3ccccc3S2)cc1. The van der Waals surface area contributed by atoms with Crippen molar-refractivity contribution in [3.63, 3.8) is 0 Å². The van der Waals surface area contributed by atoms with Gasteiger partial charge in [0, 0.05) is 27.9 Å². The Morgan fingerprint density at radius 3 is 2.41 bits per heavy atom. The van der Waals surface area contributed by atoms with Crippen LogP contribution in [0.4, 0.5) is 10.1 Å². The zero-order valence-electron chi connectivity index (χ0n) is 14.3. The highest BCUT2D eigenvalue weighted by molar-refractivity contribution is 8.00. The second-order valence-corrected chi connectivity index (χ2v) is 7.51. The standard InChI is InChI=1S/C22H16FN3S/c23-16-12-10-15(11-13-16)21-18(14-26(25-21)17-6-2-1-3-7-17)22-24-19-8-4-5-9-20(19)27-22/h1-14,22,24H/t22-/m0/s1. The molecular formula is C22H16FN3S. The first-order chi connectivity index (χ1) is 13.3. The van der Waals surface area contributed by atoms with E-state index < -0.39 is 0 Å². The van der Waals surface area contributed by atoms with Crippen LogP contribution in [0.1, 0.15) is 10.9 Å². The Labute approximate surface area is 160 Å². The second-order valence-electron chi connectivity index (χ2n) is 6.36. The molecule has 4 aromatic rings. The number of hydrogen-bond acceptors (Lipinski definition) is 3. The van der Waals surface area contributed by atoms with Gasteiger partial charge in [-0.15, -0.1) is 0 Å². The average molecular weight is 373 g/mol. The molecule has 0 spiro atoms. The van der Waals surface area contributed by atoms with E-state index in [0.717, 1.165) is 28.2 Å². The monoisotopic (exact) mass is 373 g/mol. The summed E-state index contributed by atoms with van der Waals surface area (Å²) in [7, 11) is 0. The van der Waals surface area contributed by atoms with Gasteiger partial charge in [-0.2, -0.15) is 5.10 Å². The van der Waals surface area contributed by atoms with Crippen LogP contribution < -0.4 is 5.32 Å². The number of nitrogens with zero attached hydrogens (tertiary/aromatic N) is 2. The third-order valence-electron chi connectivity index (χ3n) is 4.58. The number of para-hydroxylation sites is 2. The van der Waals surface area contributed by atoms with Crippen LogP contribution >= 0.6 is 11.8 Å². The molecule has 0 amide bonds. The molecule has 3 nitrogen and oxygen atoms in total. The van der Waals surface area contributed by atoms with Crippen molar-refractivity contribution in [2.24, 2.45) is 0 Å². The summed E-state index contributed by atoms with van der Waals surface area (Å²) < 4.78 is 15.3. The largest absolute Gasteiger partial charge is 0.368 e. The smallest absolute Gasteiger partial charge is 0.123 e. The van der Waals surface area contributed by atoms with Crippen molar-refractivity contribution in [3.8, 4) is 16.9 Å². The van der Waals surface area contributed by atoms with Crippen LogP contribution in [-0.4, -0.2) is 9.78 Å². The zero-order chi connectivity index (χ0) is 18.2. The second kappa shape index (κ2) is 6.59. The van der Waals surface area contributed by atoms with Gasteiger partial charge < -0.3 is 5.32 Å². The number of nitrogens with one attached hydrogen (secondary N) is 1. The van der Waals surface area contributed by atoms with Crippen LogP contribution in [0.3, 0.4) is 0 Å². The van der Waals surface area contributed by atoms with Crippen molar-refractivity contribution in [1.29, 1.82) is 0 Å². The summed E-state index contributed by atoms with van der Waals surface area (Å²) in [4.78, 5) is 1.22. The Hall–Kier alpha value is -3.05. The molecule has 5 heteroatoms. The van der Waals surface area contributed by atoms with E-state index in [-0.39, 0.29) is 11.2 Å². The van der Waals surface area contributed by atoms with Crippen molar-refractivity contribution in [2.45, 2.75) is 10.3 Å². The summed E-state index contributed by atoms with van der Waals surface area (Å²) in [6, 6.07) is 24.8. The number of halogens is 1. The number of thioether (sulfide) groups is 1. The predicted octanol–water partition coefficient (Wildman–Crippen LogP) is 5.89. The molecule has 1 N–H and O–H groups in total. The van der Waals surface area contributed by atoms with Crippen LogP contribution in [0.2, 0.25) is 0 Å². The van der Waals surface area contributed by atoms with Crippen molar-refractivity contribution < 1.29 is 4.39 Å². The van der Waals surface area contributed by atoms with Gasteiger partial charge >= 0.3 is 0 Å². The maximum Gasteiger partial charge on any atom is 0.123 e. The lowest BCUT2D eigenvalue weighted by Gasteiger charge is -2.10. The van der Waals surface area contributed by atoms with Crippen LogP contribution in [0.5, 0.6) is 0 Å². The first-order valence-electron chi connectivity index (χ1n) is 8.71. The summed E-state index contributed by atoms with van der Waals surface area (Å²) in [5.41, 5.74) is 4.96. The Morgan fingerprint density at radius 2 is 1.63 bits per heavy atom. The van der Waals surface area contributed by atoms with Crippen LogP contribution in [0, 0.1) is 5.82 Å². The van der Waals surface area contributed by atoms with E-state index in [9.17, 15) is 4.39 Å². The van der Waals surface area contributed by atoms with Gasteiger partial charge in [0.2, 0.25) is 0 Å². The van der Waals surface area contributed by atoms with Gasteiger partial charge in [0.15, 0.2) is 0 Å². The first-order valence-corrected chi connectivity index (χ1v) is 9.59. The highest BCUT2D eigenvalue weighted by Crippen LogP contribution is 2.48. The molecule has 27 heavy (non-hydrogen) atoms. The molecule has 2 heterocycles. The zero-order valence-corrected chi connectivity index (χ0v) is 15.2. The van der Waals surface area contributed by atoms with Gasteiger partial charge in [-0.1, -0.05) is 42.1 Å². The number of aromatic nitrogens is 2. The fraction of sp³-hybridized carbons (Fsp3) is 0.0455. The Balaban J connectivity index is 1.61. The van der Waals surface area contributed by atoms with Crippen LogP contribution in [-0.2, 0) is 0 Å². The van der Waals surface area contributed by atoms with Crippen molar-refractivity contribution in [2.75, 3.05) is 5.32 Å². The van der Waals surface area contributed by atoms with E-state index in [1.165, 1.54) is 17.0 Å². The fourth-order valence-corrected chi connectivity index (χ4v) is 4.40. The van der Waals surface area contributed by atoms with E-state index in [2.05, 4.69) is 23.6 Å². The van der Waals surface area contributed by atoms with E-state index >= 15 is 0 Å². The Morgan fingerprint density at radius 1 is 0.889 bits per heavy atom. The molecule has 3 aromatic carbocycles. The first kappa shape index (κ1) is 16.1. The van der Waals surface area contributed by atoms with Crippen molar-refractivity contribution >= 4 is 17.4 Å². The molecule has 132 valence electrons. The minimum atomic E-state index is -0.247. The van der Waals surface area contributed by atoms with Gasteiger partial charge in [0.05, 0.1) is 11.4 Å². The summed E-state index contributed by atoms with van der Waals surface area (Å²) in [6.07, 6.45) is 2.06. The molecule has 5 rings (SSSR count). The van der Waals surface area contributed by atoms with Crippen molar-refractivity contribution in [3.05, 3.63) is 96.4 Å². The molecule has 1 atom stereocenters. The maximum atomic E-state index is 13.4. The Bertz CT molecular complexity index is 1070. The van der Waals surface area contributed by atoms with Gasteiger partial charge in [-0.25, -0.2) is 9.07 Å². The third-order valence-corrected chi connectivity index (χ3v) is 5.80. The van der Waals surface area contributed by atoms with Gasteiger partial charge in [0.1, 0.15) is 11.2 Å². The van der Waals surface area contributed by atoms with Gasteiger partial charge in [0.25, 0.3) is 0 Å². The molecule has 0 unspecified atom stereocenters.